The van der Waals surface area contributed by atoms with Crippen LogP contribution in [0.1, 0.15) is 27.7 Å². The Morgan fingerprint density at radius 1 is 1.39 bits per heavy atom. The lowest BCUT2D eigenvalue weighted by Gasteiger charge is -2.09. The molecule has 0 fully saturated rings. The molecule has 0 aliphatic carbocycles. The number of ketones is 1. The summed E-state index contributed by atoms with van der Waals surface area (Å²) in [6.07, 6.45) is 0. The standard InChI is InChI=1S/C14H13BrO2S/c1-9-3-4-14(13(5-9)10(2)16)17-7-12-6-11(15)8-18-12/h3-6,8H,7H2,1-2H3. The van der Waals surface area contributed by atoms with Crippen molar-refractivity contribution < 1.29 is 9.53 Å². The largest absolute Gasteiger partial charge is 0.487 e. The number of ether oxygens (including phenoxy) is 1. The topological polar surface area (TPSA) is 26.3 Å². The van der Waals surface area contributed by atoms with Crippen LogP contribution in [0.15, 0.2) is 34.1 Å². The van der Waals surface area contributed by atoms with E-state index >= 15 is 0 Å². The third kappa shape index (κ3) is 3.21. The number of thiophene rings is 1. The van der Waals surface area contributed by atoms with Gasteiger partial charge in [-0.15, -0.1) is 11.3 Å². The smallest absolute Gasteiger partial charge is 0.163 e. The average Bonchev–Trinajstić information content (AvgIpc) is 2.73. The first-order chi connectivity index (χ1) is 8.56. The van der Waals surface area contributed by atoms with E-state index in [2.05, 4.69) is 15.9 Å². The molecule has 0 aliphatic rings. The molecule has 2 rings (SSSR count). The van der Waals surface area contributed by atoms with Gasteiger partial charge >= 0.3 is 0 Å². The van der Waals surface area contributed by atoms with Gasteiger partial charge in [-0.3, -0.25) is 4.79 Å². The molecule has 0 atom stereocenters. The molecule has 0 N–H and O–H groups in total. The zero-order valence-corrected chi connectivity index (χ0v) is 12.6. The highest BCUT2D eigenvalue weighted by atomic mass is 79.9. The van der Waals surface area contributed by atoms with E-state index < -0.39 is 0 Å². The molecular formula is C14H13BrO2S. The fraction of sp³-hybridized carbons (Fsp3) is 0.214. The number of halogens is 1. The lowest BCUT2D eigenvalue weighted by Crippen LogP contribution is -2.01. The molecule has 1 aromatic carbocycles. The number of hydrogen-bond acceptors (Lipinski definition) is 3. The van der Waals surface area contributed by atoms with E-state index in [0.29, 0.717) is 17.9 Å². The van der Waals surface area contributed by atoms with E-state index in [-0.39, 0.29) is 5.78 Å². The normalized spacial score (nSPS) is 10.4. The van der Waals surface area contributed by atoms with Crippen LogP contribution in [-0.2, 0) is 6.61 Å². The van der Waals surface area contributed by atoms with Gasteiger partial charge in [-0.2, -0.15) is 0 Å². The van der Waals surface area contributed by atoms with Crippen molar-refractivity contribution in [1.82, 2.24) is 0 Å². The van der Waals surface area contributed by atoms with Gasteiger partial charge in [-0.25, -0.2) is 0 Å². The Kier molecular flexibility index (Phi) is 4.19. The van der Waals surface area contributed by atoms with Crippen molar-refractivity contribution >= 4 is 33.0 Å². The van der Waals surface area contributed by atoms with Crippen molar-refractivity contribution in [2.24, 2.45) is 0 Å². The molecule has 0 saturated heterocycles. The van der Waals surface area contributed by atoms with E-state index in [0.717, 1.165) is 14.9 Å². The summed E-state index contributed by atoms with van der Waals surface area (Å²) in [6.45, 7) is 4.01. The molecule has 0 saturated carbocycles. The molecule has 0 unspecified atom stereocenters. The molecule has 94 valence electrons. The molecule has 0 aliphatic heterocycles. The Morgan fingerprint density at radius 3 is 2.78 bits per heavy atom. The van der Waals surface area contributed by atoms with Gasteiger partial charge in [0.1, 0.15) is 12.4 Å². The summed E-state index contributed by atoms with van der Waals surface area (Å²) >= 11 is 5.04. The summed E-state index contributed by atoms with van der Waals surface area (Å²) < 4.78 is 6.78. The highest BCUT2D eigenvalue weighted by Gasteiger charge is 2.09. The van der Waals surface area contributed by atoms with Crippen molar-refractivity contribution in [3.63, 3.8) is 0 Å². The first kappa shape index (κ1) is 13.3. The first-order valence-electron chi connectivity index (χ1n) is 5.53. The molecule has 0 spiro atoms. The number of aryl methyl sites for hydroxylation is 1. The second-order valence-electron chi connectivity index (χ2n) is 4.08. The van der Waals surface area contributed by atoms with Gasteiger partial charge in [-0.1, -0.05) is 11.6 Å². The molecule has 0 radical (unpaired) electrons. The molecule has 4 heteroatoms. The second-order valence-corrected chi connectivity index (χ2v) is 5.99. The summed E-state index contributed by atoms with van der Waals surface area (Å²) in [5, 5.41) is 2.01. The van der Waals surface area contributed by atoms with Crippen LogP contribution >= 0.6 is 27.3 Å². The summed E-state index contributed by atoms with van der Waals surface area (Å²) in [5.41, 5.74) is 1.71. The molecule has 0 amide bonds. The Balaban J connectivity index is 2.16. The Hall–Kier alpha value is -1.13. The Labute approximate surface area is 119 Å². The number of hydrogen-bond donors (Lipinski definition) is 0. The minimum absolute atomic E-state index is 0.0288. The van der Waals surface area contributed by atoms with Gasteiger partial charge in [0.15, 0.2) is 5.78 Å². The van der Waals surface area contributed by atoms with Crippen LogP contribution in [0.5, 0.6) is 5.75 Å². The van der Waals surface area contributed by atoms with Crippen LogP contribution in [0.2, 0.25) is 0 Å². The lowest BCUT2D eigenvalue weighted by atomic mass is 10.1. The maximum absolute atomic E-state index is 11.5. The minimum atomic E-state index is 0.0288. The predicted molar refractivity (Wildman–Crippen MR) is 77.5 cm³/mol. The van der Waals surface area contributed by atoms with Crippen molar-refractivity contribution in [2.75, 3.05) is 0 Å². The minimum Gasteiger partial charge on any atom is -0.487 e. The highest BCUT2D eigenvalue weighted by molar-refractivity contribution is 9.10. The summed E-state index contributed by atoms with van der Waals surface area (Å²) in [7, 11) is 0. The van der Waals surface area contributed by atoms with Gasteiger partial charge in [0.05, 0.1) is 5.56 Å². The average molecular weight is 325 g/mol. The van der Waals surface area contributed by atoms with Crippen molar-refractivity contribution in [3.05, 3.63) is 50.1 Å². The summed E-state index contributed by atoms with van der Waals surface area (Å²) in [6, 6.07) is 7.69. The van der Waals surface area contributed by atoms with Crippen LogP contribution in [0.25, 0.3) is 0 Å². The van der Waals surface area contributed by atoms with E-state index in [1.807, 2.05) is 36.6 Å². The van der Waals surface area contributed by atoms with Crippen molar-refractivity contribution in [3.8, 4) is 5.75 Å². The van der Waals surface area contributed by atoms with Crippen molar-refractivity contribution in [2.45, 2.75) is 20.5 Å². The maximum atomic E-state index is 11.5. The van der Waals surface area contributed by atoms with E-state index in [1.165, 1.54) is 0 Å². The zero-order valence-electron chi connectivity index (χ0n) is 10.2. The summed E-state index contributed by atoms with van der Waals surface area (Å²) in [4.78, 5) is 12.7. The molecule has 0 bridgehead atoms. The monoisotopic (exact) mass is 324 g/mol. The number of Topliss-reactive ketones (excluding diaryl/α,β-unsaturated/α-hetero) is 1. The third-order valence-electron chi connectivity index (χ3n) is 2.51. The zero-order chi connectivity index (χ0) is 13.1. The highest BCUT2D eigenvalue weighted by Crippen LogP contribution is 2.24. The third-order valence-corrected chi connectivity index (χ3v) is 4.18. The van der Waals surface area contributed by atoms with E-state index in [1.54, 1.807) is 18.3 Å². The van der Waals surface area contributed by atoms with Crippen LogP contribution in [0, 0.1) is 6.92 Å². The van der Waals surface area contributed by atoms with Gasteiger partial charge in [-0.05, 0) is 48.0 Å². The Bertz CT molecular complexity index is 575. The Morgan fingerprint density at radius 2 is 2.17 bits per heavy atom. The molecule has 1 aromatic heterocycles. The van der Waals surface area contributed by atoms with E-state index in [4.69, 9.17) is 4.74 Å². The molecular weight excluding hydrogens is 312 g/mol. The summed E-state index contributed by atoms with van der Waals surface area (Å²) in [5.74, 6) is 0.679. The number of carbonyl (C=O) groups excluding carboxylic acids is 1. The van der Waals surface area contributed by atoms with Crippen LogP contribution < -0.4 is 4.74 Å². The van der Waals surface area contributed by atoms with Crippen molar-refractivity contribution in [1.29, 1.82) is 0 Å². The van der Waals surface area contributed by atoms with Gasteiger partial charge in [0.25, 0.3) is 0 Å². The van der Waals surface area contributed by atoms with Gasteiger partial charge in [0.2, 0.25) is 0 Å². The molecule has 18 heavy (non-hydrogen) atoms. The SMILES string of the molecule is CC(=O)c1cc(C)ccc1OCc1cc(Br)cs1. The molecule has 2 aromatic rings. The first-order valence-corrected chi connectivity index (χ1v) is 7.21. The van der Waals surface area contributed by atoms with Gasteiger partial charge in [0, 0.05) is 14.7 Å². The lowest BCUT2D eigenvalue weighted by molar-refractivity contribution is 0.101. The van der Waals surface area contributed by atoms with Crippen LogP contribution in [0.4, 0.5) is 0 Å². The van der Waals surface area contributed by atoms with Gasteiger partial charge < -0.3 is 4.74 Å². The maximum Gasteiger partial charge on any atom is 0.163 e. The fourth-order valence-electron chi connectivity index (χ4n) is 1.62. The predicted octanol–water partition coefficient (Wildman–Crippen LogP) is 4.60. The van der Waals surface area contributed by atoms with Crippen LogP contribution in [0.3, 0.4) is 0 Å². The molecule has 2 nitrogen and oxygen atoms in total. The molecule has 1 heterocycles. The number of carbonyl (C=O) groups is 1. The fourth-order valence-corrected chi connectivity index (χ4v) is 2.99. The van der Waals surface area contributed by atoms with Crippen LogP contribution in [-0.4, -0.2) is 5.78 Å². The quantitative estimate of drug-likeness (QED) is 0.768. The second kappa shape index (κ2) is 5.67. The number of rotatable bonds is 4. The number of benzene rings is 1. The van der Waals surface area contributed by atoms with E-state index in [9.17, 15) is 4.79 Å².